The normalized spacial score (nSPS) is 13.1. The van der Waals surface area contributed by atoms with E-state index in [1.165, 1.54) is 0 Å². The van der Waals surface area contributed by atoms with Gasteiger partial charge in [-0.25, -0.2) is 0 Å². The third-order valence-corrected chi connectivity index (χ3v) is 6.80. The number of carbonyl (C=O) groups excluding carboxylic acids is 2. The molecule has 3 aromatic carbocycles. The van der Waals surface area contributed by atoms with Crippen LogP contribution in [0, 0.1) is 0 Å². The fraction of sp³-hybridized carbons (Fsp3) is 0.226. The zero-order valence-corrected chi connectivity index (χ0v) is 22.4. The molecule has 1 aromatic heterocycles. The van der Waals surface area contributed by atoms with Crippen LogP contribution in [0.1, 0.15) is 15.9 Å². The van der Waals surface area contributed by atoms with Gasteiger partial charge in [-0.05, 0) is 54.6 Å². The van der Waals surface area contributed by atoms with Crippen molar-refractivity contribution in [1.29, 1.82) is 0 Å². The number of methoxy groups -OCH3 is 2. The second kappa shape index (κ2) is 12.3. The highest BCUT2D eigenvalue weighted by Crippen LogP contribution is 2.31. The summed E-state index contributed by atoms with van der Waals surface area (Å²) in [7, 11) is 3.20. The zero-order valence-electron chi connectivity index (χ0n) is 22.4. The number of ketones is 1. The van der Waals surface area contributed by atoms with Gasteiger partial charge in [-0.15, -0.1) is 10.2 Å². The van der Waals surface area contributed by atoms with E-state index in [2.05, 4.69) is 15.1 Å². The summed E-state index contributed by atoms with van der Waals surface area (Å²) >= 11 is 0. The van der Waals surface area contributed by atoms with Crippen LogP contribution >= 0.6 is 0 Å². The number of anilines is 1. The molecular formula is C31H30N4O5. The predicted octanol–water partition coefficient (Wildman–Crippen LogP) is 4.12. The van der Waals surface area contributed by atoms with E-state index >= 15 is 0 Å². The van der Waals surface area contributed by atoms with Crippen molar-refractivity contribution in [2.24, 2.45) is 0 Å². The van der Waals surface area contributed by atoms with Crippen LogP contribution in [0.4, 0.5) is 5.82 Å². The molecule has 2 heterocycles. The molecular weight excluding hydrogens is 508 g/mol. The number of hydrogen-bond acceptors (Lipinski definition) is 8. The minimum Gasteiger partial charge on any atom is -0.493 e. The second-order valence-corrected chi connectivity index (χ2v) is 9.22. The van der Waals surface area contributed by atoms with E-state index in [0.717, 1.165) is 17.1 Å². The lowest BCUT2D eigenvalue weighted by atomic mass is 10.0. The van der Waals surface area contributed by atoms with Gasteiger partial charge in [-0.3, -0.25) is 9.59 Å². The van der Waals surface area contributed by atoms with Crippen LogP contribution in [0.15, 0.2) is 84.9 Å². The van der Waals surface area contributed by atoms with E-state index in [-0.39, 0.29) is 18.3 Å². The Morgan fingerprint density at radius 1 is 0.750 bits per heavy atom. The first-order valence-electron chi connectivity index (χ1n) is 13.0. The van der Waals surface area contributed by atoms with Crippen molar-refractivity contribution < 1.29 is 23.8 Å². The molecule has 0 spiro atoms. The number of carbonyl (C=O) groups is 2. The van der Waals surface area contributed by atoms with Gasteiger partial charge in [0.1, 0.15) is 5.75 Å². The molecule has 204 valence electrons. The highest BCUT2D eigenvalue weighted by atomic mass is 16.5. The van der Waals surface area contributed by atoms with Gasteiger partial charge in [0.2, 0.25) is 0 Å². The number of hydrogen-bond donors (Lipinski definition) is 0. The number of rotatable bonds is 9. The summed E-state index contributed by atoms with van der Waals surface area (Å²) in [6.45, 7) is 2.35. The summed E-state index contributed by atoms with van der Waals surface area (Å²) in [4.78, 5) is 29.2. The average Bonchev–Trinajstić information content (AvgIpc) is 3.03. The van der Waals surface area contributed by atoms with Crippen molar-refractivity contribution in [3.05, 3.63) is 96.1 Å². The van der Waals surface area contributed by atoms with Gasteiger partial charge in [-0.1, -0.05) is 30.3 Å². The minimum absolute atomic E-state index is 0.0543. The summed E-state index contributed by atoms with van der Waals surface area (Å²) in [6.07, 6.45) is 0. The fourth-order valence-corrected chi connectivity index (χ4v) is 4.52. The summed E-state index contributed by atoms with van der Waals surface area (Å²) in [5.41, 5.74) is 2.81. The van der Waals surface area contributed by atoms with Gasteiger partial charge in [0, 0.05) is 42.9 Å². The second-order valence-electron chi connectivity index (χ2n) is 9.22. The molecule has 0 atom stereocenters. The van der Waals surface area contributed by atoms with Crippen molar-refractivity contribution in [3.8, 4) is 28.5 Å². The Hall–Kier alpha value is -4.92. The van der Waals surface area contributed by atoms with E-state index < -0.39 is 0 Å². The maximum Gasteiger partial charge on any atom is 0.260 e. The Kier molecular flexibility index (Phi) is 8.20. The van der Waals surface area contributed by atoms with Crippen molar-refractivity contribution >= 4 is 17.5 Å². The highest BCUT2D eigenvalue weighted by Gasteiger charge is 2.23. The molecule has 1 amide bonds. The lowest BCUT2D eigenvalue weighted by Crippen LogP contribution is -2.50. The number of nitrogens with zero attached hydrogens (tertiary/aromatic N) is 4. The third-order valence-electron chi connectivity index (χ3n) is 6.80. The van der Waals surface area contributed by atoms with Gasteiger partial charge in [0.25, 0.3) is 5.91 Å². The van der Waals surface area contributed by atoms with E-state index in [9.17, 15) is 9.59 Å². The Morgan fingerprint density at radius 2 is 1.45 bits per heavy atom. The molecule has 0 saturated carbocycles. The van der Waals surface area contributed by atoms with E-state index in [4.69, 9.17) is 14.2 Å². The Labute approximate surface area is 232 Å². The van der Waals surface area contributed by atoms with Gasteiger partial charge in [-0.2, -0.15) is 0 Å². The molecule has 0 N–H and O–H groups in total. The lowest BCUT2D eigenvalue weighted by molar-refractivity contribution is -0.133. The highest BCUT2D eigenvalue weighted by molar-refractivity contribution is 6.09. The maximum absolute atomic E-state index is 12.8. The fourth-order valence-electron chi connectivity index (χ4n) is 4.52. The predicted molar refractivity (Wildman–Crippen MR) is 151 cm³/mol. The van der Waals surface area contributed by atoms with E-state index in [1.807, 2.05) is 48.5 Å². The number of amides is 1. The number of aromatic nitrogens is 2. The third kappa shape index (κ3) is 6.04. The first kappa shape index (κ1) is 26.7. The summed E-state index contributed by atoms with van der Waals surface area (Å²) < 4.78 is 16.4. The summed E-state index contributed by atoms with van der Waals surface area (Å²) in [6, 6.07) is 25.4. The quantitative estimate of drug-likeness (QED) is 0.294. The number of piperazine rings is 1. The first-order chi connectivity index (χ1) is 19.6. The topological polar surface area (TPSA) is 94.1 Å². The van der Waals surface area contributed by atoms with Crippen LogP contribution in [-0.4, -0.2) is 73.8 Å². The van der Waals surface area contributed by atoms with Gasteiger partial charge >= 0.3 is 0 Å². The van der Waals surface area contributed by atoms with Gasteiger partial charge in [0.05, 0.1) is 19.9 Å². The molecule has 0 bridgehead atoms. The first-order valence-corrected chi connectivity index (χ1v) is 13.0. The van der Waals surface area contributed by atoms with Crippen molar-refractivity contribution in [1.82, 2.24) is 15.1 Å². The summed E-state index contributed by atoms with van der Waals surface area (Å²) in [5.74, 6) is 2.45. The van der Waals surface area contributed by atoms with Crippen LogP contribution in [-0.2, 0) is 4.79 Å². The molecule has 0 unspecified atom stereocenters. The standard InChI is InChI=1S/C31H30N4O5/c1-38-27-14-10-24(20-28(27)39-2)26-13-15-29(33-32-26)34-16-18-35(19-17-34)30(36)21-40-25-11-8-23(9-12-25)31(37)22-6-4-3-5-7-22/h3-15,20H,16-19,21H2,1-2H3. The molecule has 0 aliphatic carbocycles. The average molecular weight is 539 g/mol. The number of benzene rings is 3. The van der Waals surface area contributed by atoms with Gasteiger partial charge < -0.3 is 24.0 Å². The van der Waals surface area contributed by atoms with E-state index in [0.29, 0.717) is 54.6 Å². The maximum atomic E-state index is 12.8. The molecule has 1 aliphatic heterocycles. The molecule has 1 aliphatic rings. The largest absolute Gasteiger partial charge is 0.493 e. The Bertz CT molecular complexity index is 1450. The lowest BCUT2D eigenvalue weighted by Gasteiger charge is -2.35. The molecule has 9 heteroatoms. The van der Waals surface area contributed by atoms with Crippen LogP contribution in [0.25, 0.3) is 11.3 Å². The van der Waals surface area contributed by atoms with Crippen molar-refractivity contribution in [2.45, 2.75) is 0 Å². The molecule has 5 rings (SSSR count). The molecule has 4 aromatic rings. The molecule has 40 heavy (non-hydrogen) atoms. The smallest absolute Gasteiger partial charge is 0.260 e. The van der Waals surface area contributed by atoms with Crippen LogP contribution < -0.4 is 19.1 Å². The SMILES string of the molecule is COc1ccc(-c2ccc(N3CCN(C(=O)COc4ccc(C(=O)c5ccccc5)cc4)CC3)nn2)cc1OC. The molecule has 1 fully saturated rings. The minimum atomic E-state index is -0.0843. The molecule has 9 nitrogen and oxygen atoms in total. The van der Waals surface area contributed by atoms with Crippen LogP contribution in [0.5, 0.6) is 17.2 Å². The molecule has 0 radical (unpaired) electrons. The Morgan fingerprint density at radius 3 is 2.10 bits per heavy atom. The Balaban J connectivity index is 1.11. The zero-order chi connectivity index (χ0) is 27.9. The van der Waals surface area contributed by atoms with Crippen molar-refractivity contribution in [3.63, 3.8) is 0 Å². The van der Waals surface area contributed by atoms with Gasteiger partial charge in [0.15, 0.2) is 29.7 Å². The monoisotopic (exact) mass is 538 g/mol. The van der Waals surface area contributed by atoms with Crippen LogP contribution in [0.2, 0.25) is 0 Å². The number of ether oxygens (including phenoxy) is 3. The molecule has 1 saturated heterocycles. The summed E-state index contributed by atoms with van der Waals surface area (Å²) in [5, 5.41) is 8.81. The van der Waals surface area contributed by atoms with E-state index in [1.54, 1.807) is 55.5 Å². The van der Waals surface area contributed by atoms with Crippen LogP contribution in [0.3, 0.4) is 0 Å². The van der Waals surface area contributed by atoms with Crippen molar-refractivity contribution in [2.75, 3.05) is 51.9 Å².